The molecule has 0 radical (unpaired) electrons. The molecule has 0 bridgehead atoms. The largest absolute Gasteiger partial charge is 0.380 e. The Bertz CT molecular complexity index is 947. The molecule has 3 nitrogen and oxygen atoms in total. The summed E-state index contributed by atoms with van der Waals surface area (Å²) in [7, 11) is 0. The van der Waals surface area contributed by atoms with Gasteiger partial charge in [-0.15, -0.1) is 0 Å². The third-order valence-electron chi connectivity index (χ3n) is 6.54. The van der Waals surface area contributed by atoms with Gasteiger partial charge in [0.15, 0.2) is 0 Å². The van der Waals surface area contributed by atoms with E-state index in [1.54, 1.807) is 0 Å². The molecule has 0 saturated carbocycles. The van der Waals surface area contributed by atoms with Gasteiger partial charge in [0, 0.05) is 25.6 Å². The van der Waals surface area contributed by atoms with Crippen molar-refractivity contribution in [3.63, 3.8) is 0 Å². The minimum absolute atomic E-state index is 0.109. The van der Waals surface area contributed by atoms with Crippen LogP contribution >= 0.6 is 0 Å². The van der Waals surface area contributed by atoms with E-state index in [1.165, 1.54) is 11.1 Å². The zero-order chi connectivity index (χ0) is 21.7. The molecule has 0 amide bonds. The molecule has 1 saturated heterocycles. The quantitative estimate of drug-likeness (QED) is 0.595. The van der Waals surface area contributed by atoms with Crippen LogP contribution in [0, 0.1) is 6.92 Å². The molecule has 31 heavy (non-hydrogen) atoms. The van der Waals surface area contributed by atoms with Gasteiger partial charge < -0.3 is 9.84 Å². The average Bonchev–Trinajstić information content (AvgIpc) is 2.84. The third kappa shape index (κ3) is 4.74. The standard InChI is InChI=1S/C28H33NO2/c1-3-23-11-15-26(16-12-23)28(30,25-13-9-22(2)10-14-25)27(24-7-5-4-6-8-24)21-29-17-19-31-20-18-29/h4-16,27,30H,3,17-21H2,1-2H3. The summed E-state index contributed by atoms with van der Waals surface area (Å²) in [6.45, 7) is 8.29. The van der Waals surface area contributed by atoms with Crippen molar-refractivity contribution in [3.05, 3.63) is 107 Å². The highest BCUT2D eigenvalue weighted by Crippen LogP contribution is 2.43. The molecule has 3 aromatic rings. The monoisotopic (exact) mass is 415 g/mol. The van der Waals surface area contributed by atoms with E-state index in [0.717, 1.165) is 56.0 Å². The summed E-state index contributed by atoms with van der Waals surface area (Å²) in [6, 6.07) is 27.3. The van der Waals surface area contributed by atoms with Crippen molar-refractivity contribution in [1.29, 1.82) is 0 Å². The molecule has 0 spiro atoms. The third-order valence-corrected chi connectivity index (χ3v) is 6.54. The normalized spacial score (nSPS) is 17.8. The highest BCUT2D eigenvalue weighted by Gasteiger charge is 2.42. The number of aryl methyl sites for hydroxylation is 2. The van der Waals surface area contributed by atoms with Crippen LogP contribution in [0.2, 0.25) is 0 Å². The average molecular weight is 416 g/mol. The van der Waals surface area contributed by atoms with Crippen LogP contribution in [-0.2, 0) is 16.8 Å². The highest BCUT2D eigenvalue weighted by atomic mass is 16.5. The predicted octanol–water partition coefficient (Wildman–Crippen LogP) is 4.91. The first kappa shape index (κ1) is 21.8. The zero-order valence-corrected chi connectivity index (χ0v) is 18.6. The second-order valence-electron chi connectivity index (χ2n) is 8.56. The maximum absolute atomic E-state index is 12.6. The SMILES string of the molecule is CCc1ccc(C(O)(c2ccc(C)cc2)C(CN2CCOCC2)c2ccccc2)cc1. The predicted molar refractivity (Wildman–Crippen MR) is 126 cm³/mol. The minimum atomic E-state index is -1.14. The Kier molecular flexibility index (Phi) is 6.86. The van der Waals surface area contributed by atoms with E-state index in [2.05, 4.69) is 91.5 Å². The molecule has 162 valence electrons. The number of hydrogen-bond donors (Lipinski definition) is 1. The lowest BCUT2D eigenvalue weighted by Gasteiger charge is -2.41. The fourth-order valence-electron chi connectivity index (χ4n) is 4.58. The van der Waals surface area contributed by atoms with Crippen LogP contribution < -0.4 is 0 Å². The van der Waals surface area contributed by atoms with Gasteiger partial charge >= 0.3 is 0 Å². The smallest absolute Gasteiger partial charge is 0.123 e. The number of rotatable bonds is 7. The molecule has 1 aliphatic rings. The first-order chi connectivity index (χ1) is 15.1. The van der Waals surface area contributed by atoms with Crippen LogP contribution in [0.5, 0.6) is 0 Å². The van der Waals surface area contributed by atoms with Crippen molar-refractivity contribution < 1.29 is 9.84 Å². The molecule has 0 aliphatic carbocycles. The Balaban J connectivity index is 1.84. The van der Waals surface area contributed by atoms with Crippen LogP contribution in [0.1, 0.15) is 40.7 Å². The Hall–Kier alpha value is -2.46. The molecule has 1 N–H and O–H groups in total. The number of hydrogen-bond acceptors (Lipinski definition) is 3. The van der Waals surface area contributed by atoms with Gasteiger partial charge in [-0.05, 0) is 35.6 Å². The summed E-state index contributed by atoms with van der Waals surface area (Å²) >= 11 is 0. The van der Waals surface area contributed by atoms with Gasteiger partial charge in [-0.2, -0.15) is 0 Å². The van der Waals surface area contributed by atoms with Gasteiger partial charge in [0.25, 0.3) is 0 Å². The van der Waals surface area contributed by atoms with Crippen LogP contribution in [0.15, 0.2) is 78.9 Å². The fourth-order valence-corrected chi connectivity index (χ4v) is 4.58. The molecule has 3 heteroatoms. The zero-order valence-electron chi connectivity index (χ0n) is 18.6. The summed E-state index contributed by atoms with van der Waals surface area (Å²) < 4.78 is 5.58. The van der Waals surface area contributed by atoms with E-state index in [1.807, 2.05) is 6.07 Å². The van der Waals surface area contributed by atoms with E-state index in [-0.39, 0.29) is 5.92 Å². The number of benzene rings is 3. The summed E-state index contributed by atoms with van der Waals surface area (Å²) in [5.41, 5.74) is 4.35. The van der Waals surface area contributed by atoms with Gasteiger partial charge in [0.05, 0.1) is 13.2 Å². The van der Waals surface area contributed by atoms with Crippen molar-refractivity contribution in [3.8, 4) is 0 Å². The molecule has 2 atom stereocenters. The number of ether oxygens (including phenoxy) is 1. The molecule has 1 fully saturated rings. The van der Waals surface area contributed by atoms with E-state index < -0.39 is 5.60 Å². The molecular formula is C28H33NO2. The van der Waals surface area contributed by atoms with E-state index >= 15 is 0 Å². The van der Waals surface area contributed by atoms with E-state index in [4.69, 9.17) is 4.74 Å². The van der Waals surface area contributed by atoms with Crippen molar-refractivity contribution in [1.82, 2.24) is 4.90 Å². The Morgan fingerprint density at radius 1 is 0.871 bits per heavy atom. The highest BCUT2D eigenvalue weighted by molar-refractivity contribution is 5.43. The Morgan fingerprint density at radius 2 is 1.45 bits per heavy atom. The lowest BCUT2D eigenvalue weighted by atomic mass is 9.72. The fraction of sp³-hybridized carbons (Fsp3) is 0.357. The maximum Gasteiger partial charge on any atom is 0.123 e. The van der Waals surface area contributed by atoms with Crippen molar-refractivity contribution in [2.24, 2.45) is 0 Å². The summed E-state index contributed by atoms with van der Waals surface area (Å²) in [4.78, 5) is 2.42. The molecular weight excluding hydrogens is 382 g/mol. The van der Waals surface area contributed by atoms with Crippen molar-refractivity contribution >= 4 is 0 Å². The van der Waals surface area contributed by atoms with Gasteiger partial charge in [-0.25, -0.2) is 0 Å². The molecule has 1 aliphatic heterocycles. The number of nitrogens with zero attached hydrogens (tertiary/aromatic N) is 1. The van der Waals surface area contributed by atoms with Crippen LogP contribution in [0.4, 0.5) is 0 Å². The second-order valence-corrected chi connectivity index (χ2v) is 8.56. The van der Waals surface area contributed by atoms with Gasteiger partial charge in [0.2, 0.25) is 0 Å². The maximum atomic E-state index is 12.6. The first-order valence-electron chi connectivity index (χ1n) is 11.3. The van der Waals surface area contributed by atoms with E-state index in [9.17, 15) is 5.11 Å². The Labute approximate surface area is 186 Å². The summed E-state index contributed by atoms with van der Waals surface area (Å²) in [5.74, 6) is -0.109. The molecule has 4 rings (SSSR count). The topological polar surface area (TPSA) is 32.7 Å². The van der Waals surface area contributed by atoms with Crippen molar-refractivity contribution in [2.45, 2.75) is 31.8 Å². The molecule has 2 unspecified atom stereocenters. The molecule has 0 aromatic heterocycles. The van der Waals surface area contributed by atoms with Crippen LogP contribution in [-0.4, -0.2) is 42.9 Å². The number of aliphatic hydroxyl groups is 1. The van der Waals surface area contributed by atoms with Gasteiger partial charge in [-0.1, -0.05) is 91.3 Å². The first-order valence-corrected chi connectivity index (χ1v) is 11.3. The lowest BCUT2D eigenvalue weighted by Crippen LogP contribution is -2.45. The summed E-state index contributed by atoms with van der Waals surface area (Å²) in [6.07, 6.45) is 0.985. The molecule has 3 aromatic carbocycles. The minimum Gasteiger partial charge on any atom is -0.380 e. The van der Waals surface area contributed by atoms with Crippen molar-refractivity contribution in [2.75, 3.05) is 32.8 Å². The van der Waals surface area contributed by atoms with E-state index in [0.29, 0.717) is 0 Å². The van der Waals surface area contributed by atoms with Crippen LogP contribution in [0.3, 0.4) is 0 Å². The molecule has 1 heterocycles. The second kappa shape index (κ2) is 9.78. The van der Waals surface area contributed by atoms with Gasteiger partial charge in [-0.3, -0.25) is 4.90 Å². The lowest BCUT2D eigenvalue weighted by molar-refractivity contribution is 0.000758. The summed E-state index contributed by atoms with van der Waals surface area (Å²) in [5, 5.41) is 12.6. The number of morpholine rings is 1. The van der Waals surface area contributed by atoms with Gasteiger partial charge in [0.1, 0.15) is 5.60 Å². The Morgan fingerprint density at radius 3 is 2.03 bits per heavy atom. The van der Waals surface area contributed by atoms with Crippen LogP contribution in [0.25, 0.3) is 0 Å².